The van der Waals surface area contributed by atoms with E-state index in [4.69, 9.17) is 14.8 Å². The number of nitrogens with one attached hydrogen (secondary N) is 1. The molecule has 1 rings (SSSR count). The number of aromatic amines is 1. The standard InChI is InChI=1S/C9H14BNO4/c1-9(2,3)15-8(12)7-6(10(13)14)4-5-11-7/h4-5,11,13-14H,1-3H3. The summed E-state index contributed by atoms with van der Waals surface area (Å²) < 4.78 is 5.08. The molecule has 0 spiro atoms. The summed E-state index contributed by atoms with van der Waals surface area (Å²) in [6.45, 7) is 5.22. The Morgan fingerprint density at radius 2 is 2.07 bits per heavy atom. The molecule has 1 aromatic heterocycles. The highest BCUT2D eigenvalue weighted by molar-refractivity contribution is 6.60. The fraction of sp³-hybridized carbons (Fsp3) is 0.444. The van der Waals surface area contributed by atoms with Crippen molar-refractivity contribution >= 4 is 18.6 Å². The van der Waals surface area contributed by atoms with E-state index >= 15 is 0 Å². The number of hydrogen-bond donors (Lipinski definition) is 3. The maximum Gasteiger partial charge on any atom is 0.490 e. The Kier molecular flexibility index (Phi) is 3.21. The Balaban J connectivity index is 2.87. The molecule has 3 N–H and O–H groups in total. The topological polar surface area (TPSA) is 82.6 Å². The van der Waals surface area contributed by atoms with E-state index in [1.54, 1.807) is 20.8 Å². The summed E-state index contributed by atoms with van der Waals surface area (Å²) in [5, 5.41) is 17.9. The van der Waals surface area contributed by atoms with Crippen molar-refractivity contribution in [3.63, 3.8) is 0 Å². The quantitative estimate of drug-likeness (QED) is 0.461. The fourth-order valence-corrected chi connectivity index (χ4v) is 1.10. The van der Waals surface area contributed by atoms with Crippen LogP contribution in [0.5, 0.6) is 0 Å². The van der Waals surface area contributed by atoms with Crippen LogP contribution in [0, 0.1) is 0 Å². The highest BCUT2D eigenvalue weighted by atomic mass is 16.6. The number of ether oxygens (including phenoxy) is 1. The number of hydrogen-bond acceptors (Lipinski definition) is 4. The van der Waals surface area contributed by atoms with Gasteiger partial charge in [0.1, 0.15) is 11.3 Å². The molecule has 6 heteroatoms. The fourth-order valence-electron chi connectivity index (χ4n) is 1.10. The number of carbonyl (C=O) groups excluding carboxylic acids is 1. The van der Waals surface area contributed by atoms with Crippen LogP contribution in [0.4, 0.5) is 0 Å². The molecule has 0 aliphatic carbocycles. The minimum atomic E-state index is -1.68. The van der Waals surface area contributed by atoms with Gasteiger partial charge in [0.15, 0.2) is 0 Å². The molecular formula is C9H14BNO4. The molecule has 82 valence electrons. The third-order valence-corrected chi connectivity index (χ3v) is 1.66. The molecular weight excluding hydrogens is 197 g/mol. The van der Waals surface area contributed by atoms with E-state index in [9.17, 15) is 4.79 Å². The third-order valence-electron chi connectivity index (χ3n) is 1.66. The highest BCUT2D eigenvalue weighted by Crippen LogP contribution is 2.10. The SMILES string of the molecule is CC(C)(C)OC(=O)c1[nH]ccc1B(O)O. The first-order chi connectivity index (χ1) is 6.81. The number of H-pyrrole nitrogens is 1. The van der Waals surface area contributed by atoms with Crippen molar-refractivity contribution in [1.29, 1.82) is 0 Å². The average Bonchev–Trinajstić information content (AvgIpc) is 2.47. The van der Waals surface area contributed by atoms with Gasteiger partial charge in [-0.25, -0.2) is 4.79 Å². The molecule has 15 heavy (non-hydrogen) atoms. The Bertz CT molecular complexity index is 353. The summed E-state index contributed by atoms with van der Waals surface area (Å²) in [4.78, 5) is 14.2. The number of aromatic nitrogens is 1. The smallest absolute Gasteiger partial charge is 0.455 e. The van der Waals surface area contributed by atoms with E-state index in [0.29, 0.717) is 0 Å². The second-order valence-corrected chi connectivity index (χ2v) is 4.18. The number of esters is 1. The Morgan fingerprint density at radius 1 is 1.47 bits per heavy atom. The lowest BCUT2D eigenvalue weighted by molar-refractivity contribution is 0.00647. The Morgan fingerprint density at radius 3 is 2.53 bits per heavy atom. The minimum Gasteiger partial charge on any atom is -0.455 e. The summed E-state index contributed by atoms with van der Waals surface area (Å²) >= 11 is 0. The van der Waals surface area contributed by atoms with Gasteiger partial charge in [-0.2, -0.15) is 0 Å². The van der Waals surface area contributed by atoms with E-state index in [1.165, 1.54) is 12.3 Å². The predicted octanol–water partition coefficient (Wildman–Crippen LogP) is -0.350. The van der Waals surface area contributed by atoms with Crippen LogP contribution < -0.4 is 5.46 Å². The molecule has 0 aliphatic heterocycles. The maximum atomic E-state index is 11.6. The summed E-state index contributed by atoms with van der Waals surface area (Å²) in [6.07, 6.45) is 1.45. The van der Waals surface area contributed by atoms with Crippen LogP contribution >= 0.6 is 0 Å². The van der Waals surface area contributed by atoms with E-state index in [1.807, 2.05) is 0 Å². The van der Waals surface area contributed by atoms with Gasteiger partial charge in [-0.3, -0.25) is 0 Å². The molecule has 0 atom stereocenters. The molecule has 0 unspecified atom stereocenters. The van der Waals surface area contributed by atoms with Crippen LogP contribution in [0.2, 0.25) is 0 Å². The first-order valence-corrected chi connectivity index (χ1v) is 4.58. The van der Waals surface area contributed by atoms with Gasteiger partial charge in [0, 0.05) is 11.7 Å². The van der Waals surface area contributed by atoms with Gasteiger partial charge in [0.25, 0.3) is 0 Å². The predicted molar refractivity (Wildman–Crippen MR) is 55.8 cm³/mol. The lowest BCUT2D eigenvalue weighted by atomic mass is 9.80. The molecule has 0 saturated heterocycles. The van der Waals surface area contributed by atoms with Gasteiger partial charge in [-0.15, -0.1) is 0 Å². The highest BCUT2D eigenvalue weighted by Gasteiger charge is 2.25. The summed E-state index contributed by atoms with van der Waals surface area (Å²) in [5.41, 5.74) is -0.427. The zero-order chi connectivity index (χ0) is 11.6. The molecule has 5 nitrogen and oxygen atoms in total. The van der Waals surface area contributed by atoms with Gasteiger partial charge >= 0.3 is 13.1 Å². The molecule has 0 saturated carbocycles. The monoisotopic (exact) mass is 211 g/mol. The van der Waals surface area contributed by atoms with Gasteiger partial charge in [-0.05, 0) is 26.8 Å². The minimum absolute atomic E-state index is 0.0694. The largest absolute Gasteiger partial charge is 0.490 e. The zero-order valence-electron chi connectivity index (χ0n) is 8.94. The summed E-state index contributed by atoms with van der Waals surface area (Å²) in [5.74, 6) is -0.601. The van der Waals surface area contributed by atoms with Crippen molar-refractivity contribution < 1.29 is 19.6 Å². The first kappa shape index (κ1) is 11.8. The lowest BCUT2D eigenvalue weighted by Gasteiger charge is -2.19. The molecule has 0 radical (unpaired) electrons. The number of carbonyl (C=O) groups is 1. The second kappa shape index (κ2) is 4.08. The van der Waals surface area contributed by atoms with Crippen LogP contribution in [0.3, 0.4) is 0 Å². The molecule has 0 aliphatic rings. The van der Waals surface area contributed by atoms with Crippen molar-refractivity contribution in [3.8, 4) is 0 Å². The van der Waals surface area contributed by atoms with Gasteiger partial charge in [-0.1, -0.05) is 0 Å². The van der Waals surface area contributed by atoms with Crippen LogP contribution in [0.1, 0.15) is 31.3 Å². The third kappa shape index (κ3) is 3.11. The van der Waals surface area contributed by atoms with Crippen molar-refractivity contribution in [3.05, 3.63) is 18.0 Å². The van der Waals surface area contributed by atoms with Crippen LogP contribution in [-0.2, 0) is 4.74 Å². The Hall–Kier alpha value is -1.27. The molecule has 0 bridgehead atoms. The van der Waals surface area contributed by atoms with Gasteiger partial charge in [0.05, 0.1) is 0 Å². The summed E-state index contributed by atoms with van der Waals surface area (Å²) in [6, 6.07) is 1.42. The summed E-state index contributed by atoms with van der Waals surface area (Å²) in [7, 11) is -1.68. The van der Waals surface area contributed by atoms with Crippen molar-refractivity contribution in [2.45, 2.75) is 26.4 Å². The van der Waals surface area contributed by atoms with E-state index < -0.39 is 18.7 Å². The van der Waals surface area contributed by atoms with E-state index in [0.717, 1.165) is 0 Å². The van der Waals surface area contributed by atoms with E-state index in [2.05, 4.69) is 4.98 Å². The lowest BCUT2D eigenvalue weighted by Crippen LogP contribution is -2.35. The number of rotatable bonds is 2. The molecule has 0 amide bonds. The van der Waals surface area contributed by atoms with E-state index in [-0.39, 0.29) is 11.2 Å². The second-order valence-electron chi connectivity index (χ2n) is 4.18. The van der Waals surface area contributed by atoms with Gasteiger partial charge < -0.3 is 19.8 Å². The Labute approximate surface area is 88.2 Å². The average molecular weight is 211 g/mol. The van der Waals surface area contributed by atoms with Crippen molar-refractivity contribution in [2.75, 3.05) is 0 Å². The molecule has 0 fully saturated rings. The first-order valence-electron chi connectivity index (χ1n) is 4.58. The van der Waals surface area contributed by atoms with Crippen molar-refractivity contribution in [2.24, 2.45) is 0 Å². The molecule has 0 aromatic carbocycles. The van der Waals surface area contributed by atoms with Crippen LogP contribution in [0.15, 0.2) is 12.3 Å². The van der Waals surface area contributed by atoms with Crippen LogP contribution in [-0.4, -0.2) is 33.7 Å². The molecule has 1 heterocycles. The van der Waals surface area contributed by atoms with Gasteiger partial charge in [0.2, 0.25) is 0 Å². The zero-order valence-corrected chi connectivity index (χ0v) is 8.94. The van der Waals surface area contributed by atoms with Crippen LogP contribution in [0.25, 0.3) is 0 Å². The normalized spacial score (nSPS) is 11.3. The maximum absolute atomic E-state index is 11.6. The molecule has 1 aromatic rings. The van der Waals surface area contributed by atoms with Crippen molar-refractivity contribution in [1.82, 2.24) is 4.98 Å².